The summed E-state index contributed by atoms with van der Waals surface area (Å²) in [6.07, 6.45) is 8.98. The standard InChI is InChI=1S/C28H46O5/c1-24(2)10-6-11-28(33-24)27(5,31)23-21(32-28)14-19-18-8-7-16-13-17(29)9-12-25(16,3)22(18)20(30)15-26(19,23)4/h16-23,29-31H,6-15H2,1-5H3/t16-,17+,18-,19-,20-,21-,22+,23-,25-,26-,27+,28-/m0/s1. The van der Waals surface area contributed by atoms with Gasteiger partial charge in [-0.1, -0.05) is 13.8 Å². The fourth-order valence-corrected chi connectivity index (χ4v) is 10.8. The molecule has 2 aliphatic heterocycles. The Kier molecular flexibility index (Phi) is 4.90. The molecule has 33 heavy (non-hydrogen) atoms. The molecule has 1 spiro atoms. The lowest BCUT2D eigenvalue weighted by atomic mass is 9.43. The number of fused-ring (bicyclic) bond motifs is 7. The molecule has 188 valence electrons. The topological polar surface area (TPSA) is 79.2 Å². The third-order valence-corrected chi connectivity index (χ3v) is 12.0. The first kappa shape index (κ1) is 23.2. The van der Waals surface area contributed by atoms with E-state index in [0.29, 0.717) is 23.7 Å². The van der Waals surface area contributed by atoms with E-state index < -0.39 is 11.4 Å². The molecule has 12 atom stereocenters. The molecule has 6 aliphatic rings. The van der Waals surface area contributed by atoms with Crippen LogP contribution in [0.25, 0.3) is 0 Å². The van der Waals surface area contributed by atoms with Crippen molar-refractivity contribution >= 4 is 0 Å². The van der Waals surface area contributed by atoms with E-state index in [-0.39, 0.29) is 40.7 Å². The van der Waals surface area contributed by atoms with E-state index in [0.717, 1.165) is 64.2 Å². The van der Waals surface area contributed by atoms with Gasteiger partial charge in [0.2, 0.25) is 0 Å². The monoisotopic (exact) mass is 462 g/mol. The highest BCUT2D eigenvalue weighted by atomic mass is 16.7. The number of hydrogen-bond acceptors (Lipinski definition) is 5. The number of rotatable bonds is 0. The van der Waals surface area contributed by atoms with Crippen LogP contribution in [0.15, 0.2) is 0 Å². The predicted octanol–water partition coefficient (Wildman–Crippen LogP) is 4.41. The number of aliphatic hydroxyl groups is 3. The lowest BCUT2D eigenvalue weighted by Gasteiger charge is -2.63. The van der Waals surface area contributed by atoms with Gasteiger partial charge in [0.05, 0.1) is 23.9 Å². The predicted molar refractivity (Wildman–Crippen MR) is 125 cm³/mol. The molecule has 0 aromatic heterocycles. The van der Waals surface area contributed by atoms with Crippen molar-refractivity contribution in [1.82, 2.24) is 0 Å². The highest BCUT2D eigenvalue weighted by molar-refractivity contribution is 5.21. The van der Waals surface area contributed by atoms with Crippen molar-refractivity contribution in [2.24, 2.45) is 40.4 Å². The molecule has 2 heterocycles. The largest absolute Gasteiger partial charge is 0.393 e. The molecule has 5 heteroatoms. The van der Waals surface area contributed by atoms with E-state index in [2.05, 4.69) is 27.7 Å². The summed E-state index contributed by atoms with van der Waals surface area (Å²) in [4.78, 5) is 0. The van der Waals surface area contributed by atoms with Crippen molar-refractivity contribution in [2.45, 2.75) is 134 Å². The van der Waals surface area contributed by atoms with E-state index in [4.69, 9.17) is 9.47 Å². The zero-order chi connectivity index (χ0) is 23.6. The number of ether oxygens (including phenoxy) is 2. The molecule has 4 saturated carbocycles. The van der Waals surface area contributed by atoms with E-state index in [1.807, 2.05) is 6.92 Å². The van der Waals surface area contributed by atoms with Crippen LogP contribution in [0.4, 0.5) is 0 Å². The quantitative estimate of drug-likeness (QED) is 0.497. The van der Waals surface area contributed by atoms with Gasteiger partial charge in [0.1, 0.15) is 5.60 Å². The van der Waals surface area contributed by atoms with Gasteiger partial charge in [-0.2, -0.15) is 0 Å². The number of hydrogen-bond donors (Lipinski definition) is 3. The minimum Gasteiger partial charge on any atom is -0.393 e. The zero-order valence-electron chi connectivity index (χ0n) is 21.3. The Morgan fingerprint density at radius 1 is 0.848 bits per heavy atom. The van der Waals surface area contributed by atoms with Crippen LogP contribution < -0.4 is 0 Å². The Morgan fingerprint density at radius 3 is 2.33 bits per heavy atom. The molecule has 0 bridgehead atoms. The normalized spacial score (nSPS) is 61.8. The average Bonchev–Trinajstić information content (AvgIpc) is 3.09. The van der Waals surface area contributed by atoms with Crippen LogP contribution in [-0.2, 0) is 9.47 Å². The molecule has 0 aromatic carbocycles. The van der Waals surface area contributed by atoms with Gasteiger partial charge in [0.15, 0.2) is 5.79 Å². The van der Waals surface area contributed by atoms with Crippen molar-refractivity contribution < 1.29 is 24.8 Å². The molecule has 6 fully saturated rings. The summed E-state index contributed by atoms with van der Waals surface area (Å²) in [5.74, 6) is 0.805. The first-order chi connectivity index (χ1) is 15.3. The second-order valence-corrected chi connectivity index (χ2v) is 14.3. The third-order valence-electron chi connectivity index (χ3n) is 12.0. The molecule has 3 N–H and O–H groups in total. The van der Waals surface area contributed by atoms with Gasteiger partial charge in [-0.05, 0) is 113 Å². The van der Waals surface area contributed by atoms with Crippen molar-refractivity contribution in [2.75, 3.05) is 0 Å². The van der Waals surface area contributed by atoms with Gasteiger partial charge in [0, 0.05) is 12.3 Å². The third kappa shape index (κ3) is 2.95. The van der Waals surface area contributed by atoms with Crippen LogP contribution in [0, 0.1) is 40.4 Å². The lowest BCUT2D eigenvalue weighted by molar-refractivity contribution is -0.347. The molecule has 0 amide bonds. The molecule has 0 unspecified atom stereocenters. The van der Waals surface area contributed by atoms with Crippen LogP contribution >= 0.6 is 0 Å². The van der Waals surface area contributed by atoms with Crippen molar-refractivity contribution in [1.29, 1.82) is 0 Å². The van der Waals surface area contributed by atoms with E-state index in [1.54, 1.807) is 0 Å². The van der Waals surface area contributed by atoms with Gasteiger partial charge >= 0.3 is 0 Å². The molecule has 0 radical (unpaired) electrons. The summed E-state index contributed by atoms with van der Waals surface area (Å²) < 4.78 is 13.4. The maximum absolute atomic E-state index is 12.2. The van der Waals surface area contributed by atoms with Gasteiger partial charge in [0.25, 0.3) is 0 Å². The van der Waals surface area contributed by atoms with Gasteiger partial charge in [-0.3, -0.25) is 0 Å². The summed E-state index contributed by atoms with van der Waals surface area (Å²) in [6, 6.07) is 0. The smallest absolute Gasteiger partial charge is 0.198 e. The maximum Gasteiger partial charge on any atom is 0.198 e. The molecule has 5 nitrogen and oxygen atoms in total. The van der Waals surface area contributed by atoms with E-state index in [1.165, 1.54) is 0 Å². The van der Waals surface area contributed by atoms with Crippen LogP contribution in [-0.4, -0.2) is 50.6 Å². The van der Waals surface area contributed by atoms with Crippen molar-refractivity contribution in [3.8, 4) is 0 Å². The second-order valence-electron chi connectivity index (χ2n) is 14.3. The van der Waals surface area contributed by atoms with Gasteiger partial charge < -0.3 is 24.8 Å². The Balaban J connectivity index is 1.33. The van der Waals surface area contributed by atoms with Gasteiger partial charge in [-0.25, -0.2) is 0 Å². The maximum atomic E-state index is 12.2. The molecule has 4 aliphatic carbocycles. The first-order valence-corrected chi connectivity index (χ1v) is 13.8. The molecule has 2 saturated heterocycles. The van der Waals surface area contributed by atoms with E-state index >= 15 is 0 Å². The Bertz CT molecular complexity index is 810. The van der Waals surface area contributed by atoms with Crippen LogP contribution in [0.2, 0.25) is 0 Å². The number of aliphatic hydroxyl groups excluding tert-OH is 2. The molecular formula is C28H46O5. The summed E-state index contributed by atoms with van der Waals surface area (Å²) in [6.45, 7) is 10.9. The minimum atomic E-state index is -1.07. The fourth-order valence-electron chi connectivity index (χ4n) is 10.8. The fraction of sp³-hybridized carbons (Fsp3) is 1.00. The van der Waals surface area contributed by atoms with E-state index in [9.17, 15) is 15.3 Å². The summed E-state index contributed by atoms with van der Waals surface area (Å²) in [5, 5.41) is 34.2. The van der Waals surface area contributed by atoms with Crippen molar-refractivity contribution in [3.63, 3.8) is 0 Å². The Hall–Kier alpha value is -0.200. The highest BCUT2D eigenvalue weighted by Crippen LogP contribution is 2.72. The molecule has 0 aromatic rings. The summed E-state index contributed by atoms with van der Waals surface area (Å²) in [7, 11) is 0. The minimum absolute atomic E-state index is 0.00597. The summed E-state index contributed by atoms with van der Waals surface area (Å²) in [5.41, 5.74) is -1.40. The zero-order valence-corrected chi connectivity index (χ0v) is 21.3. The van der Waals surface area contributed by atoms with Gasteiger partial charge in [-0.15, -0.1) is 0 Å². The SMILES string of the molecule is CC1(C)CCC[C@]2(O[C@H]3C[C@H]4[C@@H]5CC[C@H]6C[C@H](O)CC[C@]6(C)[C@H]5[C@@H](O)C[C@]4(C)[C@H]3[C@@]2(C)O)O1. The second kappa shape index (κ2) is 6.97. The van der Waals surface area contributed by atoms with Crippen LogP contribution in [0.5, 0.6) is 0 Å². The lowest BCUT2D eigenvalue weighted by Crippen LogP contribution is -2.64. The highest BCUT2D eigenvalue weighted by Gasteiger charge is 2.75. The molecular weight excluding hydrogens is 416 g/mol. The van der Waals surface area contributed by atoms with Crippen LogP contribution in [0.1, 0.15) is 98.8 Å². The average molecular weight is 463 g/mol. The molecule has 6 rings (SSSR count). The first-order valence-electron chi connectivity index (χ1n) is 13.8. The van der Waals surface area contributed by atoms with Crippen molar-refractivity contribution in [3.05, 3.63) is 0 Å². The van der Waals surface area contributed by atoms with Crippen LogP contribution in [0.3, 0.4) is 0 Å². The summed E-state index contributed by atoms with van der Waals surface area (Å²) >= 11 is 0. The Labute approximate surface area is 199 Å². The Morgan fingerprint density at radius 2 is 1.61 bits per heavy atom.